The van der Waals surface area contributed by atoms with Gasteiger partial charge in [0, 0.05) is 11.6 Å². The molecule has 0 saturated carbocycles. The number of hydrogen-bond donors (Lipinski definition) is 1. The van der Waals surface area contributed by atoms with E-state index in [1.54, 1.807) is 33.5 Å². The van der Waals surface area contributed by atoms with Gasteiger partial charge in [-0.25, -0.2) is 0 Å². The quantitative estimate of drug-likeness (QED) is 0.749. The Morgan fingerprint density at radius 2 is 1.61 bits per heavy atom. The Hall–Kier alpha value is -2.25. The molecule has 1 unspecified atom stereocenters. The molecule has 0 aliphatic heterocycles. The first-order valence-corrected chi connectivity index (χ1v) is 8.81. The van der Waals surface area contributed by atoms with Crippen molar-refractivity contribution < 1.29 is 18.9 Å². The third-order valence-corrected chi connectivity index (χ3v) is 5.07. The Morgan fingerprint density at radius 1 is 0.929 bits per heavy atom. The SMILES string of the molecule is Br.CNC1CCc2cc(OC)c(OC)c(OC)c2-c2ccc(OC)c(=O)cc21. The van der Waals surface area contributed by atoms with Crippen molar-refractivity contribution in [1.82, 2.24) is 5.32 Å². The second kappa shape index (κ2) is 9.30. The minimum absolute atomic E-state index is 0. The molecular formula is C21H26BrNO5. The monoisotopic (exact) mass is 451 g/mol. The van der Waals surface area contributed by atoms with E-state index in [1.165, 1.54) is 7.11 Å². The number of halogens is 1. The zero-order valence-electron chi connectivity index (χ0n) is 16.8. The number of fused-ring (bicyclic) bond motifs is 3. The third-order valence-electron chi connectivity index (χ3n) is 5.07. The van der Waals surface area contributed by atoms with Gasteiger partial charge in [0.15, 0.2) is 17.2 Å². The van der Waals surface area contributed by atoms with Gasteiger partial charge in [-0.3, -0.25) is 4.79 Å². The maximum absolute atomic E-state index is 12.6. The minimum atomic E-state index is -0.151. The maximum atomic E-state index is 12.6. The molecule has 0 aromatic heterocycles. The Kier molecular flexibility index (Phi) is 7.32. The molecule has 0 heterocycles. The van der Waals surface area contributed by atoms with E-state index in [9.17, 15) is 4.79 Å². The Morgan fingerprint density at radius 3 is 2.18 bits per heavy atom. The average molecular weight is 452 g/mol. The second-order valence-corrected chi connectivity index (χ2v) is 6.34. The van der Waals surface area contributed by atoms with Crippen LogP contribution in [0, 0.1) is 0 Å². The lowest BCUT2D eigenvalue weighted by Crippen LogP contribution is -2.17. The molecule has 2 aromatic rings. The first kappa shape index (κ1) is 22.0. The second-order valence-electron chi connectivity index (χ2n) is 6.34. The summed E-state index contributed by atoms with van der Waals surface area (Å²) in [6.45, 7) is 0. The number of aryl methyl sites for hydroxylation is 1. The summed E-state index contributed by atoms with van der Waals surface area (Å²) in [7, 11) is 8.21. The Bertz CT molecular complexity index is 916. The molecule has 0 saturated heterocycles. The van der Waals surface area contributed by atoms with E-state index in [-0.39, 0.29) is 28.5 Å². The predicted octanol–water partition coefficient (Wildman–Crippen LogP) is 3.53. The zero-order chi connectivity index (χ0) is 19.6. The fraction of sp³-hybridized carbons (Fsp3) is 0.381. The number of methoxy groups -OCH3 is 4. The van der Waals surface area contributed by atoms with E-state index in [1.807, 2.05) is 19.2 Å². The van der Waals surface area contributed by atoms with E-state index in [2.05, 4.69) is 5.32 Å². The standard InChI is InChI=1S/C21H25NO5.BrH/c1-22-15-8-6-12-10-18(25-3)20(26-4)21(27-5)19(12)13-7-9-17(24-2)16(23)11-14(13)15;/h7,9-11,15,22H,6,8H2,1-5H3;1H. The molecule has 0 radical (unpaired) electrons. The molecule has 0 fully saturated rings. The van der Waals surface area contributed by atoms with Crippen molar-refractivity contribution in [2.24, 2.45) is 0 Å². The summed E-state index contributed by atoms with van der Waals surface area (Å²) in [5.74, 6) is 2.06. The molecule has 152 valence electrons. The number of hydrogen-bond acceptors (Lipinski definition) is 6. The van der Waals surface area contributed by atoms with Crippen LogP contribution in [0.15, 0.2) is 29.1 Å². The smallest absolute Gasteiger partial charge is 0.220 e. The van der Waals surface area contributed by atoms with Crippen LogP contribution in [0.2, 0.25) is 0 Å². The van der Waals surface area contributed by atoms with E-state index >= 15 is 0 Å². The average Bonchev–Trinajstić information content (AvgIpc) is 2.94. The first-order valence-electron chi connectivity index (χ1n) is 8.81. The van der Waals surface area contributed by atoms with Gasteiger partial charge in [-0.1, -0.05) is 6.07 Å². The summed E-state index contributed by atoms with van der Waals surface area (Å²) in [4.78, 5) is 12.6. The lowest BCUT2D eigenvalue weighted by Gasteiger charge is -2.19. The van der Waals surface area contributed by atoms with Crippen LogP contribution in [0.25, 0.3) is 11.1 Å². The molecule has 1 atom stereocenters. The molecule has 28 heavy (non-hydrogen) atoms. The van der Waals surface area contributed by atoms with Crippen LogP contribution in [0.1, 0.15) is 23.6 Å². The molecule has 1 aliphatic rings. The lowest BCUT2D eigenvalue weighted by molar-refractivity contribution is 0.324. The fourth-order valence-electron chi connectivity index (χ4n) is 3.77. The first-order chi connectivity index (χ1) is 13.1. The van der Waals surface area contributed by atoms with Crippen molar-refractivity contribution in [2.45, 2.75) is 18.9 Å². The third kappa shape index (κ3) is 3.69. The van der Waals surface area contributed by atoms with E-state index in [0.717, 1.165) is 35.1 Å². The van der Waals surface area contributed by atoms with Crippen molar-refractivity contribution in [3.63, 3.8) is 0 Å². The van der Waals surface area contributed by atoms with E-state index < -0.39 is 0 Å². The zero-order valence-corrected chi connectivity index (χ0v) is 18.5. The van der Waals surface area contributed by atoms with Gasteiger partial charge in [0.05, 0.1) is 28.4 Å². The number of nitrogens with one attached hydrogen (secondary N) is 1. The van der Waals surface area contributed by atoms with Gasteiger partial charge in [0.1, 0.15) is 0 Å². The van der Waals surface area contributed by atoms with Crippen LogP contribution in [0.5, 0.6) is 23.0 Å². The molecule has 0 bridgehead atoms. The van der Waals surface area contributed by atoms with Crippen LogP contribution in [-0.2, 0) is 6.42 Å². The largest absolute Gasteiger partial charge is 0.493 e. The van der Waals surface area contributed by atoms with Gasteiger partial charge >= 0.3 is 0 Å². The van der Waals surface area contributed by atoms with Gasteiger partial charge in [0.25, 0.3) is 0 Å². The summed E-state index contributed by atoms with van der Waals surface area (Å²) in [6, 6.07) is 7.29. The van der Waals surface area contributed by atoms with Crippen LogP contribution >= 0.6 is 17.0 Å². The summed E-state index contributed by atoms with van der Waals surface area (Å²) in [5, 5.41) is 3.33. The van der Waals surface area contributed by atoms with Gasteiger partial charge < -0.3 is 24.3 Å². The van der Waals surface area contributed by atoms with Crippen molar-refractivity contribution >= 4 is 17.0 Å². The van der Waals surface area contributed by atoms with Gasteiger partial charge in [-0.2, -0.15) is 0 Å². The van der Waals surface area contributed by atoms with Gasteiger partial charge in [-0.05, 0) is 54.8 Å². The highest BCUT2D eigenvalue weighted by Crippen LogP contribution is 2.50. The summed E-state index contributed by atoms with van der Waals surface area (Å²) in [6.07, 6.45) is 1.64. The molecule has 1 aliphatic carbocycles. The van der Waals surface area contributed by atoms with Crippen LogP contribution in [0.3, 0.4) is 0 Å². The van der Waals surface area contributed by atoms with Crippen LogP contribution in [-0.4, -0.2) is 35.5 Å². The highest BCUT2D eigenvalue weighted by atomic mass is 79.9. The maximum Gasteiger partial charge on any atom is 0.220 e. The highest BCUT2D eigenvalue weighted by molar-refractivity contribution is 8.93. The van der Waals surface area contributed by atoms with Gasteiger partial charge in [-0.15, -0.1) is 17.0 Å². The van der Waals surface area contributed by atoms with Crippen LogP contribution in [0.4, 0.5) is 0 Å². The highest BCUT2D eigenvalue weighted by Gasteiger charge is 2.28. The molecule has 2 aromatic carbocycles. The molecular weight excluding hydrogens is 426 g/mol. The minimum Gasteiger partial charge on any atom is -0.493 e. The molecule has 0 spiro atoms. The van der Waals surface area contributed by atoms with Crippen molar-refractivity contribution in [1.29, 1.82) is 0 Å². The van der Waals surface area contributed by atoms with Crippen LogP contribution < -0.4 is 29.7 Å². The Balaban J connectivity index is 0.00000280. The van der Waals surface area contributed by atoms with Crippen molar-refractivity contribution in [3.8, 4) is 34.1 Å². The summed E-state index contributed by atoms with van der Waals surface area (Å²) < 4.78 is 22.1. The molecule has 1 N–H and O–H groups in total. The van der Waals surface area contributed by atoms with E-state index in [4.69, 9.17) is 18.9 Å². The summed E-state index contributed by atoms with van der Waals surface area (Å²) in [5.41, 5.74) is 3.68. The number of rotatable bonds is 5. The molecule has 3 rings (SSSR count). The molecule has 6 nitrogen and oxygen atoms in total. The Labute approximate surface area is 175 Å². The fourth-order valence-corrected chi connectivity index (χ4v) is 3.77. The molecule has 0 amide bonds. The van der Waals surface area contributed by atoms with Gasteiger partial charge in [0.2, 0.25) is 11.2 Å². The molecule has 7 heteroatoms. The van der Waals surface area contributed by atoms with Crippen molar-refractivity contribution in [2.75, 3.05) is 35.5 Å². The lowest BCUT2D eigenvalue weighted by atomic mass is 9.95. The van der Waals surface area contributed by atoms with E-state index in [0.29, 0.717) is 23.0 Å². The topological polar surface area (TPSA) is 66.0 Å². The predicted molar refractivity (Wildman–Crippen MR) is 115 cm³/mol. The van der Waals surface area contributed by atoms with Crippen molar-refractivity contribution in [3.05, 3.63) is 45.6 Å². The summed E-state index contributed by atoms with van der Waals surface area (Å²) >= 11 is 0. The normalized spacial score (nSPS) is 14.7. The number of benzene rings is 1. The number of ether oxygens (including phenoxy) is 4.